The summed E-state index contributed by atoms with van der Waals surface area (Å²) >= 11 is 0. The lowest BCUT2D eigenvalue weighted by molar-refractivity contribution is -0.139. The van der Waals surface area contributed by atoms with E-state index in [1.807, 2.05) is 13.8 Å². The molecule has 0 spiro atoms. The highest BCUT2D eigenvalue weighted by atomic mass is 32.2. The topological polar surface area (TPSA) is 96.0 Å². The molecule has 0 heterocycles. The van der Waals surface area contributed by atoms with E-state index >= 15 is 0 Å². The molecule has 0 aliphatic heterocycles. The summed E-state index contributed by atoms with van der Waals surface area (Å²) in [5.41, 5.74) is 1.69. The van der Waals surface area contributed by atoms with E-state index < -0.39 is 34.3 Å². The Hall–Kier alpha value is -3.92. The van der Waals surface area contributed by atoms with Crippen molar-refractivity contribution in [1.82, 2.24) is 10.2 Å². The van der Waals surface area contributed by atoms with Gasteiger partial charge in [0, 0.05) is 13.1 Å². The molecule has 2 amide bonds. The minimum absolute atomic E-state index is 0.0155. The Kier molecular flexibility index (Phi) is 10.1. The normalized spacial score (nSPS) is 11.9. The third-order valence-corrected chi connectivity index (χ3v) is 7.99. The molecule has 0 bridgehead atoms. The van der Waals surface area contributed by atoms with Crippen LogP contribution in [0.2, 0.25) is 0 Å². The molecule has 10 heteroatoms. The van der Waals surface area contributed by atoms with Crippen molar-refractivity contribution in [2.75, 3.05) is 24.5 Å². The number of aryl methyl sites for hydroxylation is 1. The fraction of sp³-hybridized carbons (Fsp3) is 0.310. The molecule has 3 rings (SSSR count). The number of benzene rings is 3. The highest BCUT2D eigenvalue weighted by Crippen LogP contribution is 2.25. The number of halogens is 1. The second-order valence-corrected chi connectivity index (χ2v) is 11.0. The maximum Gasteiger partial charge on any atom is 0.264 e. The Morgan fingerprint density at radius 3 is 2.31 bits per heavy atom. The van der Waals surface area contributed by atoms with Crippen molar-refractivity contribution < 1.29 is 27.1 Å². The quantitative estimate of drug-likeness (QED) is 0.360. The van der Waals surface area contributed by atoms with Gasteiger partial charge in [0.25, 0.3) is 10.0 Å². The van der Waals surface area contributed by atoms with Gasteiger partial charge in [0.15, 0.2) is 0 Å². The first-order chi connectivity index (χ1) is 18.6. The van der Waals surface area contributed by atoms with Gasteiger partial charge < -0.3 is 15.0 Å². The highest BCUT2D eigenvalue weighted by Gasteiger charge is 2.32. The van der Waals surface area contributed by atoms with E-state index in [-0.39, 0.29) is 23.0 Å². The molecule has 0 fully saturated rings. The maximum absolute atomic E-state index is 13.8. The largest absolute Gasteiger partial charge is 0.497 e. The summed E-state index contributed by atoms with van der Waals surface area (Å²) in [5, 5.41) is 2.80. The first-order valence-corrected chi connectivity index (χ1v) is 14.1. The van der Waals surface area contributed by atoms with E-state index in [0.717, 1.165) is 28.4 Å². The number of methoxy groups -OCH3 is 1. The van der Waals surface area contributed by atoms with Crippen molar-refractivity contribution in [1.29, 1.82) is 0 Å². The van der Waals surface area contributed by atoms with E-state index in [2.05, 4.69) is 5.32 Å². The number of nitrogens with zero attached hydrogens (tertiary/aromatic N) is 2. The number of hydrogen-bond donors (Lipinski definition) is 1. The lowest BCUT2D eigenvalue weighted by atomic mass is 10.1. The third kappa shape index (κ3) is 7.57. The summed E-state index contributed by atoms with van der Waals surface area (Å²) in [6, 6.07) is 17.3. The molecule has 208 valence electrons. The van der Waals surface area contributed by atoms with Crippen LogP contribution in [0.3, 0.4) is 0 Å². The third-order valence-electron chi connectivity index (χ3n) is 6.21. The van der Waals surface area contributed by atoms with E-state index in [4.69, 9.17) is 4.74 Å². The lowest BCUT2D eigenvalue weighted by Gasteiger charge is -2.32. The molecule has 1 unspecified atom stereocenters. The summed E-state index contributed by atoms with van der Waals surface area (Å²) in [5.74, 6) is -0.920. The molecule has 0 saturated carbocycles. The van der Waals surface area contributed by atoms with Crippen LogP contribution in [-0.4, -0.2) is 51.4 Å². The lowest BCUT2D eigenvalue weighted by Crippen LogP contribution is -2.51. The summed E-state index contributed by atoms with van der Waals surface area (Å²) in [4.78, 5) is 28.1. The summed E-state index contributed by atoms with van der Waals surface area (Å²) in [6.45, 7) is 5.23. The Morgan fingerprint density at radius 1 is 1.03 bits per heavy atom. The number of sulfonamides is 1. The van der Waals surface area contributed by atoms with E-state index in [0.29, 0.717) is 17.9 Å². The number of hydrogen-bond acceptors (Lipinski definition) is 5. The van der Waals surface area contributed by atoms with Crippen LogP contribution in [0.1, 0.15) is 31.4 Å². The highest BCUT2D eigenvalue weighted by molar-refractivity contribution is 7.92. The fourth-order valence-electron chi connectivity index (χ4n) is 3.92. The van der Waals surface area contributed by atoms with Crippen molar-refractivity contribution in [3.8, 4) is 5.75 Å². The van der Waals surface area contributed by atoms with Crippen LogP contribution in [0.25, 0.3) is 0 Å². The van der Waals surface area contributed by atoms with E-state index in [9.17, 15) is 22.4 Å². The minimum atomic E-state index is -4.21. The molecule has 3 aromatic carbocycles. The van der Waals surface area contributed by atoms with Gasteiger partial charge in [-0.2, -0.15) is 0 Å². The standard InChI is InChI=1S/C29H34FN3O5S/c1-5-17-31-29(35)22(3)32(19-23-7-6-8-26(18-23)38-4)28(34)20-33(25-13-11-24(30)12-14-25)39(36,37)27-15-9-21(2)10-16-27/h6-16,18,22H,5,17,19-20H2,1-4H3,(H,31,35). The van der Waals surface area contributed by atoms with Crippen molar-refractivity contribution in [3.05, 3.63) is 89.7 Å². The fourth-order valence-corrected chi connectivity index (χ4v) is 5.33. The Morgan fingerprint density at radius 2 is 1.69 bits per heavy atom. The zero-order chi connectivity index (χ0) is 28.6. The maximum atomic E-state index is 13.8. The van der Waals surface area contributed by atoms with Gasteiger partial charge in [-0.05, 0) is 74.4 Å². The average Bonchev–Trinajstić information content (AvgIpc) is 2.93. The number of rotatable bonds is 12. The number of carbonyl (C=O) groups excluding carboxylic acids is 2. The zero-order valence-corrected chi connectivity index (χ0v) is 23.4. The first kappa shape index (κ1) is 29.6. The minimum Gasteiger partial charge on any atom is -0.497 e. The van der Waals surface area contributed by atoms with Crippen LogP contribution in [-0.2, 0) is 26.2 Å². The van der Waals surface area contributed by atoms with Crippen molar-refractivity contribution >= 4 is 27.5 Å². The van der Waals surface area contributed by atoms with E-state index in [1.54, 1.807) is 43.3 Å². The van der Waals surface area contributed by atoms with Gasteiger partial charge in [0.05, 0.1) is 17.7 Å². The molecular weight excluding hydrogens is 521 g/mol. The van der Waals surface area contributed by atoms with E-state index in [1.165, 1.54) is 36.3 Å². The number of nitrogens with one attached hydrogen (secondary N) is 1. The van der Waals surface area contributed by atoms with Crippen LogP contribution < -0.4 is 14.4 Å². The molecular formula is C29H34FN3O5S. The smallest absolute Gasteiger partial charge is 0.264 e. The molecule has 0 radical (unpaired) electrons. The van der Waals surface area contributed by atoms with Gasteiger partial charge in [-0.1, -0.05) is 36.8 Å². The number of amides is 2. The second-order valence-electron chi connectivity index (χ2n) is 9.14. The Bertz CT molecular complexity index is 1380. The monoisotopic (exact) mass is 555 g/mol. The molecule has 1 N–H and O–H groups in total. The SMILES string of the molecule is CCCNC(=O)C(C)N(Cc1cccc(OC)c1)C(=O)CN(c1ccc(F)cc1)S(=O)(=O)c1ccc(C)cc1. The summed E-state index contributed by atoms with van der Waals surface area (Å²) in [7, 11) is -2.69. The molecule has 0 aliphatic carbocycles. The predicted molar refractivity (Wildman–Crippen MR) is 148 cm³/mol. The number of ether oxygens (including phenoxy) is 1. The molecule has 39 heavy (non-hydrogen) atoms. The molecule has 0 aliphatic rings. The van der Waals surface area contributed by atoms with Crippen LogP contribution >= 0.6 is 0 Å². The molecule has 8 nitrogen and oxygen atoms in total. The molecule has 3 aromatic rings. The first-order valence-electron chi connectivity index (χ1n) is 12.6. The zero-order valence-electron chi connectivity index (χ0n) is 22.6. The van der Waals surface area contributed by atoms with Gasteiger partial charge >= 0.3 is 0 Å². The van der Waals surface area contributed by atoms with Gasteiger partial charge in [0.1, 0.15) is 24.2 Å². The number of carbonyl (C=O) groups is 2. The molecule has 1 atom stereocenters. The van der Waals surface area contributed by atoms with Gasteiger partial charge in [-0.3, -0.25) is 13.9 Å². The van der Waals surface area contributed by atoms with Crippen molar-refractivity contribution in [2.24, 2.45) is 0 Å². The Labute approximate surface area is 229 Å². The summed E-state index contributed by atoms with van der Waals surface area (Å²) in [6.07, 6.45) is 0.718. The Balaban J connectivity index is 2.02. The van der Waals surface area contributed by atoms with Crippen LogP contribution in [0, 0.1) is 12.7 Å². The van der Waals surface area contributed by atoms with Gasteiger partial charge in [0.2, 0.25) is 11.8 Å². The average molecular weight is 556 g/mol. The predicted octanol–water partition coefficient (Wildman–Crippen LogP) is 4.28. The van der Waals surface area contributed by atoms with Gasteiger partial charge in [-0.25, -0.2) is 12.8 Å². The molecule has 0 aromatic heterocycles. The van der Waals surface area contributed by atoms with Crippen LogP contribution in [0.4, 0.5) is 10.1 Å². The van der Waals surface area contributed by atoms with Gasteiger partial charge in [-0.15, -0.1) is 0 Å². The summed E-state index contributed by atoms with van der Waals surface area (Å²) < 4.78 is 47.4. The van der Waals surface area contributed by atoms with Crippen molar-refractivity contribution in [2.45, 2.75) is 44.7 Å². The van der Waals surface area contributed by atoms with Crippen LogP contribution in [0.5, 0.6) is 5.75 Å². The van der Waals surface area contributed by atoms with Crippen LogP contribution in [0.15, 0.2) is 77.7 Å². The number of anilines is 1. The van der Waals surface area contributed by atoms with Crippen molar-refractivity contribution in [3.63, 3.8) is 0 Å². The molecule has 0 saturated heterocycles. The second kappa shape index (κ2) is 13.2.